The molecule has 1 aliphatic heterocycles. The molecule has 0 radical (unpaired) electrons. The van der Waals surface area contributed by atoms with Gasteiger partial charge in [-0.05, 0) is 43.0 Å². The lowest BCUT2D eigenvalue weighted by Gasteiger charge is -2.33. The van der Waals surface area contributed by atoms with Gasteiger partial charge in [-0.1, -0.05) is 26.0 Å². The molecule has 1 atom stereocenters. The van der Waals surface area contributed by atoms with Crippen LogP contribution in [0.3, 0.4) is 0 Å². The molecule has 1 amide bonds. The van der Waals surface area contributed by atoms with Crippen LogP contribution in [0.2, 0.25) is 0 Å². The van der Waals surface area contributed by atoms with Gasteiger partial charge in [0.1, 0.15) is 5.75 Å². The lowest BCUT2D eigenvalue weighted by molar-refractivity contribution is -0.153. The average molecular weight is 372 g/mol. The van der Waals surface area contributed by atoms with E-state index in [1.807, 2.05) is 19.9 Å². The first kappa shape index (κ1) is 20.6. The Morgan fingerprint density at radius 1 is 1.38 bits per heavy atom. The zero-order valence-electron chi connectivity index (χ0n) is 15.3. The number of ether oxygens (including phenoxy) is 1. The van der Waals surface area contributed by atoms with E-state index in [0.29, 0.717) is 19.0 Å². The number of rotatable bonds is 7. The van der Waals surface area contributed by atoms with Crippen molar-refractivity contribution >= 4 is 5.91 Å². The van der Waals surface area contributed by atoms with Gasteiger partial charge in [0.15, 0.2) is 6.61 Å². The van der Waals surface area contributed by atoms with Crippen molar-refractivity contribution in [1.29, 1.82) is 0 Å². The molecular formula is C19H27F3N2O2. The molecule has 1 aromatic rings. The van der Waals surface area contributed by atoms with E-state index in [1.165, 1.54) is 6.07 Å². The first-order valence-corrected chi connectivity index (χ1v) is 9.01. The summed E-state index contributed by atoms with van der Waals surface area (Å²) in [5.74, 6) is 0.680. The summed E-state index contributed by atoms with van der Waals surface area (Å²) in [6.07, 6.45) is -2.22. The van der Waals surface area contributed by atoms with Gasteiger partial charge in [-0.25, -0.2) is 0 Å². The smallest absolute Gasteiger partial charge is 0.422 e. The van der Waals surface area contributed by atoms with Crippen molar-refractivity contribution in [3.8, 4) is 5.75 Å². The summed E-state index contributed by atoms with van der Waals surface area (Å²) in [5, 5.41) is 2.98. The molecule has 1 saturated heterocycles. The van der Waals surface area contributed by atoms with Crippen LogP contribution in [0.1, 0.15) is 32.3 Å². The van der Waals surface area contributed by atoms with Gasteiger partial charge < -0.3 is 10.1 Å². The van der Waals surface area contributed by atoms with Crippen molar-refractivity contribution < 1.29 is 22.7 Å². The molecule has 0 aliphatic carbocycles. The van der Waals surface area contributed by atoms with Gasteiger partial charge in [0.2, 0.25) is 5.91 Å². The number of hydrogen-bond donors (Lipinski definition) is 1. The normalized spacial score (nSPS) is 18.8. The molecule has 1 aliphatic rings. The molecule has 1 N–H and O–H groups in total. The number of likely N-dealkylation sites (tertiary alicyclic amines) is 1. The highest BCUT2D eigenvalue weighted by Crippen LogP contribution is 2.22. The van der Waals surface area contributed by atoms with Gasteiger partial charge in [-0.15, -0.1) is 0 Å². The Kier molecular flexibility index (Phi) is 7.32. The zero-order chi connectivity index (χ0) is 19.2. The maximum absolute atomic E-state index is 12.3. The number of amides is 1. The Morgan fingerprint density at radius 3 is 2.85 bits per heavy atom. The molecule has 4 nitrogen and oxygen atoms in total. The van der Waals surface area contributed by atoms with E-state index < -0.39 is 12.8 Å². The van der Waals surface area contributed by atoms with Gasteiger partial charge in [0.05, 0.1) is 0 Å². The van der Waals surface area contributed by atoms with E-state index in [1.54, 1.807) is 12.1 Å². The summed E-state index contributed by atoms with van der Waals surface area (Å²) in [6.45, 7) is 5.61. The zero-order valence-corrected chi connectivity index (χ0v) is 15.3. The molecule has 2 rings (SSSR count). The van der Waals surface area contributed by atoms with Crippen molar-refractivity contribution in [2.24, 2.45) is 11.8 Å². The molecule has 146 valence electrons. The minimum atomic E-state index is -4.34. The lowest BCUT2D eigenvalue weighted by atomic mass is 9.97. The van der Waals surface area contributed by atoms with Gasteiger partial charge in [-0.2, -0.15) is 13.2 Å². The van der Waals surface area contributed by atoms with Crippen LogP contribution in [0.15, 0.2) is 24.3 Å². The number of alkyl halides is 3. The Morgan fingerprint density at radius 2 is 2.15 bits per heavy atom. The number of nitrogens with zero attached hydrogens (tertiary/aromatic N) is 1. The van der Waals surface area contributed by atoms with Crippen LogP contribution in [0, 0.1) is 11.8 Å². The van der Waals surface area contributed by atoms with Crippen molar-refractivity contribution in [3.63, 3.8) is 0 Å². The monoisotopic (exact) mass is 372 g/mol. The van der Waals surface area contributed by atoms with E-state index in [-0.39, 0.29) is 17.6 Å². The van der Waals surface area contributed by atoms with Gasteiger partial charge in [0, 0.05) is 25.6 Å². The second-order valence-electron chi connectivity index (χ2n) is 7.19. The first-order chi connectivity index (χ1) is 12.2. The van der Waals surface area contributed by atoms with E-state index in [2.05, 4.69) is 10.2 Å². The number of carbonyl (C=O) groups excluding carboxylic acids is 1. The molecule has 0 aromatic heterocycles. The van der Waals surface area contributed by atoms with Crippen LogP contribution in [-0.2, 0) is 11.3 Å². The second kappa shape index (κ2) is 9.26. The van der Waals surface area contributed by atoms with E-state index in [9.17, 15) is 18.0 Å². The van der Waals surface area contributed by atoms with Crippen LogP contribution in [0.4, 0.5) is 13.2 Å². The number of piperidine rings is 1. The van der Waals surface area contributed by atoms with E-state index in [0.717, 1.165) is 31.5 Å². The molecule has 1 fully saturated rings. The fourth-order valence-electron chi connectivity index (χ4n) is 3.07. The van der Waals surface area contributed by atoms with Gasteiger partial charge in [-0.3, -0.25) is 9.69 Å². The van der Waals surface area contributed by atoms with Crippen LogP contribution in [-0.4, -0.2) is 43.2 Å². The summed E-state index contributed by atoms with van der Waals surface area (Å²) >= 11 is 0. The molecule has 1 unspecified atom stereocenters. The Labute approximate surface area is 152 Å². The fourth-order valence-corrected chi connectivity index (χ4v) is 3.07. The summed E-state index contributed by atoms with van der Waals surface area (Å²) in [6, 6.07) is 6.81. The van der Waals surface area contributed by atoms with Crippen LogP contribution < -0.4 is 10.1 Å². The lowest BCUT2D eigenvalue weighted by Crippen LogP contribution is -2.41. The van der Waals surface area contributed by atoms with Crippen LogP contribution >= 0.6 is 0 Å². The highest BCUT2D eigenvalue weighted by molar-refractivity contribution is 5.77. The minimum absolute atomic E-state index is 0.0193. The molecular weight excluding hydrogens is 345 g/mol. The third-order valence-electron chi connectivity index (χ3n) is 4.40. The highest BCUT2D eigenvalue weighted by Gasteiger charge is 2.28. The standard InChI is InChI=1S/C19H27F3N2O2/c1-14(2)18(25)23-10-16-6-4-8-24(12-16)11-15-5-3-7-17(9-15)26-13-19(20,21)22/h3,5,7,9,14,16H,4,6,8,10-13H2,1-2H3,(H,23,25). The van der Waals surface area contributed by atoms with Crippen LogP contribution in [0.25, 0.3) is 0 Å². The van der Waals surface area contributed by atoms with E-state index in [4.69, 9.17) is 4.74 Å². The summed E-state index contributed by atoms with van der Waals surface area (Å²) in [5.41, 5.74) is 0.927. The van der Waals surface area contributed by atoms with E-state index >= 15 is 0 Å². The van der Waals surface area contributed by atoms with Crippen molar-refractivity contribution in [2.75, 3.05) is 26.2 Å². The molecule has 0 saturated carbocycles. The number of halogens is 3. The Hall–Kier alpha value is -1.76. The average Bonchev–Trinajstić information content (AvgIpc) is 2.58. The third-order valence-corrected chi connectivity index (χ3v) is 4.40. The Balaban J connectivity index is 1.85. The molecule has 7 heteroatoms. The summed E-state index contributed by atoms with van der Waals surface area (Å²) < 4.78 is 41.6. The van der Waals surface area contributed by atoms with Gasteiger partial charge >= 0.3 is 6.18 Å². The minimum Gasteiger partial charge on any atom is -0.484 e. The molecule has 0 spiro atoms. The number of hydrogen-bond acceptors (Lipinski definition) is 3. The number of nitrogens with one attached hydrogen (secondary N) is 1. The van der Waals surface area contributed by atoms with Crippen molar-refractivity contribution in [2.45, 2.75) is 39.4 Å². The quantitative estimate of drug-likeness (QED) is 0.795. The molecule has 26 heavy (non-hydrogen) atoms. The summed E-state index contributed by atoms with van der Waals surface area (Å²) in [4.78, 5) is 14.0. The second-order valence-corrected chi connectivity index (χ2v) is 7.19. The SMILES string of the molecule is CC(C)C(=O)NCC1CCCN(Cc2cccc(OCC(F)(F)F)c2)C1. The van der Waals surface area contributed by atoms with Gasteiger partial charge in [0.25, 0.3) is 0 Å². The molecule has 0 bridgehead atoms. The van der Waals surface area contributed by atoms with Crippen LogP contribution in [0.5, 0.6) is 5.75 Å². The highest BCUT2D eigenvalue weighted by atomic mass is 19.4. The maximum atomic E-state index is 12.3. The predicted octanol–water partition coefficient (Wildman–Crippen LogP) is 3.61. The summed E-state index contributed by atoms with van der Waals surface area (Å²) in [7, 11) is 0. The maximum Gasteiger partial charge on any atom is 0.422 e. The number of carbonyl (C=O) groups is 1. The molecule has 1 heterocycles. The fraction of sp³-hybridized carbons (Fsp3) is 0.632. The largest absolute Gasteiger partial charge is 0.484 e. The predicted molar refractivity (Wildman–Crippen MR) is 93.8 cm³/mol. The topological polar surface area (TPSA) is 41.6 Å². The van der Waals surface area contributed by atoms with Crippen molar-refractivity contribution in [3.05, 3.63) is 29.8 Å². The number of benzene rings is 1. The Bertz CT molecular complexity index is 590. The molecule has 1 aromatic carbocycles. The third kappa shape index (κ3) is 7.23. The van der Waals surface area contributed by atoms with Crippen molar-refractivity contribution in [1.82, 2.24) is 10.2 Å². The first-order valence-electron chi connectivity index (χ1n) is 9.01.